The average molecular weight is 209 g/mol. The summed E-state index contributed by atoms with van der Waals surface area (Å²) in [5, 5.41) is 2.19. The molecule has 0 atom stereocenters. The van der Waals surface area contributed by atoms with E-state index in [9.17, 15) is 0 Å². The van der Waals surface area contributed by atoms with E-state index in [4.69, 9.17) is 8.83 Å². The van der Waals surface area contributed by atoms with Gasteiger partial charge in [-0.25, -0.2) is 4.98 Å². The number of hydrogen-bond donors (Lipinski definition) is 0. The number of nitrogens with zero attached hydrogens (tertiary/aromatic N) is 1. The van der Waals surface area contributed by atoms with E-state index in [1.807, 2.05) is 36.4 Å². The Kier molecular flexibility index (Phi) is 1.31. The second-order valence-electron chi connectivity index (χ2n) is 3.74. The maximum absolute atomic E-state index is 5.80. The van der Waals surface area contributed by atoms with E-state index < -0.39 is 0 Å². The minimum absolute atomic E-state index is 0.756. The lowest BCUT2D eigenvalue weighted by atomic mass is 10.1. The smallest absolute Gasteiger partial charge is 0.182 e. The van der Waals surface area contributed by atoms with Crippen LogP contribution in [0, 0.1) is 0 Å². The summed E-state index contributed by atoms with van der Waals surface area (Å²) in [6.45, 7) is 0. The summed E-state index contributed by atoms with van der Waals surface area (Å²) >= 11 is 0. The first-order chi connectivity index (χ1) is 7.93. The summed E-state index contributed by atoms with van der Waals surface area (Å²) in [5.41, 5.74) is 3.22. The van der Waals surface area contributed by atoms with Gasteiger partial charge in [0, 0.05) is 10.8 Å². The molecule has 2 aromatic heterocycles. The molecule has 2 aromatic carbocycles. The highest BCUT2D eigenvalue weighted by molar-refractivity contribution is 6.12. The average Bonchev–Trinajstić information content (AvgIpc) is 2.92. The van der Waals surface area contributed by atoms with E-state index in [1.54, 1.807) is 0 Å². The molecule has 0 aliphatic rings. The lowest BCUT2D eigenvalue weighted by Gasteiger charge is -1.88. The molecule has 0 radical (unpaired) electrons. The molecule has 0 unspecified atom stereocenters. The molecular formula is C13H7NO2. The summed E-state index contributed by atoms with van der Waals surface area (Å²) in [4.78, 5) is 4.18. The van der Waals surface area contributed by atoms with Crippen LogP contribution in [0.3, 0.4) is 0 Å². The Labute approximate surface area is 90.3 Å². The minimum Gasteiger partial charge on any atom is -0.454 e. The number of rotatable bonds is 0. The monoisotopic (exact) mass is 209 g/mol. The van der Waals surface area contributed by atoms with Gasteiger partial charge in [0.2, 0.25) is 0 Å². The lowest BCUT2D eigenvalue weighted by molar-refractivity contribution is 0.602. The van der Waals surface area contributed by atoms with Crippen LogP contribution in [0.25, 0.3) is 33.0 Å². The van der Waals surface area contributed by atoms with Crippen molar-refractivity contribution in [3.63, 3.8) is 0 Å². The molecule has 0 amide bonds. The molecule has 3 nitrogen and oxygen atoms in total. The summed E-state index contributed by atoms with van der Waals surface area (Å²) in [6.07, 6.45) is 1.44. The molecule has 3 heteroatoms. The second-order valence-corrected chi connectivity index (χ2v) is 3.74. The van der Waals surface area contributed by atoms with Crippen LogP contribution in [0.1, 0.15) is 0 Å². The van der Waals surface area contributed by atoms with E-state index in [-0.39, 0.29) is 0 Å². The molecule has 2 heterocycles. The van der Waals surface area contributed by atoms with Crippen LogP contribution in [0.15, 0.2) is 51.6 Å². The Hall–Kier alpha value is -2.29. The predicted molar refractivity (Wildman–Crippen MR) is 61.3 cm³/mol. The van der Waals surface area contributed by atoms with Gasteiger partial charge in [0.05, 0.1) is 0 Å². The van der Waals surface area contributed by atoms with Gasteiger partial charge < -0.3 is 8.83 Å². The van der Waals surface area contributed by atoms with Crippen molar-refractivity contribution < 1.29 is 8.83 Å². The van der Waals surface area contributed by atoms with Crippen molar-refractivity contribution in [3.05, 3.63) is 42.8 Å². The minimum atomic E-state index is 0.756. The standard InChI is InChI=1S/C13H7NO2/c1-2-4-10-8(3-1)9-5-6-11-12(13(9)16-10)14-7-15-11/h1-7H. The normalized spacial score (nSPS) is 11.8. The van der Waals surface area contributed by atoms with E-state index >= 15 is 0 Å². The first kappa shape index (κ1) is 7.93. The third-order valence-corrected chi connectivity index (χ3v) is 2.85. The molecular weight excluding hydrogens is 202 g/mol. The lowest BCUT2D eigenvalue weighted by Crippen LogP contribution is -1.69. The molecule has 0 N–H and O–H groups in total. The third-order valence-electron chi connectivity index (χ3n) is 2.85. The molecule has 4 aromatic rings. The number of aromatic nitrogens is 1. The summed E-state index contributed by atoms with van der Waals surface area (Å²) in [6, 6.07) is 11.9. The van der Waals surface area contributed by atoms with Crippen LogP contribution in [0.2, 0.25) is 0 Å². The summed E-state index contributed by atoms with van der Waals surface area (Å²) < 4.78 is 11.1. The van der Waals surface area contributed by atoms with Crippen LogP contribution >= 0.6 is 0 Å². The van der Waals surface area contributed by atoms with Gasteiger partial charge >= 0.3 is 0 Å². The van der Waals surface area contributed by atoms with Crippen LogP contribution in [-0.2, 0) is 0 Å². The van der Waals surface area contributed by atoms with Crippen molar-refractivity contribution in [1.82, 2.24) is 4.98 Å². The quantitative estimate of drug-likeness (QED) is 0.443. The number of fused-ring (bicyclic) bond motifs is 5. The molecule has 0 aliphatic carbocycles. The molecule has 0 aliphatic heterocycles. The SMILES string of the molecule is c1ccc2c(c1)oc1c2ccc2ocnc21. The van der Waals surface area contributed by atoms with Gasteiger partial charge in [-0.3, -0.25) is 0 Å². The van der Waals surface area contributed by atoms with Crippen LogP contribution in [-0.4, -0.2) is 4.98 Å². The van der Waals surface area contributed by atoms with Gasteiger partial charge in [0.25, 0.3) is 0 Å². The highest BCUT2D eigenvalue weighted by atomic mass is 16.3. The predicted octanol–water partition coefficient (Wildman–Crippen LogP) is 3.73. The highest BCUT2D eigenvalue weighted by Crippen LogP contribution is 2.32. The van der Waals surface area contributed by atoms with Crippen molar-refractivity contribution >= 4 is 33.0 Å². The van der Waals surface area contributed by atoms with Gasteiger partial charge in [-0.15, -0.1) is 0 Å². The first-order valence-electron chi connectivity index (χ1n) is 5.07. The van der Waals surface area contributed by atoms with Crippen LogP contribution in [0.5, 0.6) is 0 Å². The number of furan rings is 1. The Morgan fingerprint density at radius 2 is 1.81 bits per heavy atom. The zero-order valence-corrected chi connectivity index (χ0v) is 8.31. The molecule has 76 valence electrons. The van der Waals surface area contributed by atoms with Crippen molar-refractivity contribution in [2.45, 2.75) is 0 Å². The van der Waals surface area contributed by atoms with Crippen LogP contribution < -0.4 is 0 Å². The highest BCUT2D eigenvalue weighted by Gasteiger charge is 2.11. The topological polar surface area (TPSA) is 39.2 Å². The zero-order chi connectivity index (χ0) is 10.5. The molecule has 0 saturated heterocycles. The molecule has 0 spiro atoms. The van der Waals surface area contributed by atoms with E-state index in [2.05, 4.69) is 4.98 Å². The number of hydrogen-bond acceptors (Lipinski definition) is 3. The number of oxazole rings is 1. The molecule has 0 bridgehead atoms. The van der Waals surface area contributed by atoms with Gasteiger partial charge in [-0.2, -0.15) is 0 Å². The molecule has 4 rings (SSSR count). The molecule has 0 saturated carbocycles. The first-order valence-corrected chi connectivity index (χ1v) is 5.07. The molecule has 0 fully saturated rings. The Balaban J connectivity index is 2.38. The fraction of sp³-hybridized carbons (Fsp3) is 0. The van der Waals surface area contributed by atoms with E-state index in [0.717, 1.165) is 33.0 Å². The fourth-order valence-corrected chi connectivity index (χ4v) is 2.11. The maximum atomic E-state index is 5.80. The Morgan fingerprint density at radius 3 is 2.81 bits per heavy atom. The van der Waals surface area contributed by atoms with Gasteiger partial charge in [-0.05, 0) is 18.2 Å². The van der Waals surface area contributed by atoms with Gasteiger partial charge in [0.1, 0.15) is 5.58 Å². The summed E-state index contributed by atoms with van der Waals surface area (Å²) in [5.74, 6) is 0. The summed E-state index contributed by atoms with van der Waals surface area (Å²) in [7, 11) is 0. The van der Waals surface area contributed by atoms with Crippen molar-refractivity contribution in [3.8, 4) is 0 Å². The van der Waals surface area contributed by atoms with Crippen LogP contribution in [0.4, 0.5) is 0 Å². The number of para-hydroxylation sites is 1. The maximum Gasteiger partial charge on any atom is 0.182 e. The second kappa shape index (κ2) is 2.64. The van der Waals surface area contributed by atoms with Crippen molar-refractivity contribution in [1.29, 1.82) is 0 Å². The van der Waals surface area contributed by atoms with Crippen molar-refractivity contribution in [2.75, 3.05) is 0 Å². The Morgan fingerprint density at radius 1 is 0.875 bits per heavy atom. The number of benzene rings is 2. The van der Waals surface area contributed by atoms with Gasteiger partial charge in [0.15, 0.2) is 23.1 Å². The van der Waals surface area contributed by atoms with Crippen molar-refractivity contribution in [2.24, 2.45) is 0 Å². The Bertz CT molecular complexity index is 810. The fourth-order valence-electron chi connectivity index (χ4n) is 2.11. The van der Waals surface area contributed by atoms with E-state index in [1.165, 1.54) is 6.39 Å². The van der Waals surface area contributed by atoms with E-state index in [0.29, 0.717) is 0 Å². The zero-order valence-electron chi connectivity index (χ0n) is 8.31. The molecule has 16 heavy (non-hydrogen) atoms. The largest absolute Gasteiger partial charge is 0.454 e. The van der Waals surface area contributed by atoms with Gasteiger partial charge in [-0.1, -0.05) is 18.2 Å². The third kappa shape index (κ3) is 0.852.